The van der Waals surface area contributed by atoms with Gasteiger partial charge in [0, 0.05) is 11.9 Å². The summed E-state index contributed by atoms with van der Waals surface area (Å²) in [6.45, 7) is 5.64. The predicted octanol–water partition coefficient (Wildman–Crippen LogP) is 3.79. The summed E-state index contributed by atoms with van der Waals surface area (Å²) in [7, 11) is -3.35. The molecule has 0 unspecified atom stereocenters. The number of hydrogen-bond acceptors (Lipinski definition) is 5. The maximum Gasteiger partial charge on any atom is 0.338 e. The second kappa shape index (κ2) is 9.01. The fourth-order valence-corrected chi connectivity index (χ4v) is 3.25. The minimum absolute atomic E-state index is 0.108. The highest BCUT2D eigenvalue weighted by Crippen LogP contribution is 2.26. The number of para-hydroxylation sites is 1. The van der Waals surface area contributed by atoms with Crippen molar-refractivity contribution in [2.45, 2.75) is 44.1 Å². The minimum atomic E-state index is -3.35. The second-order valence-electron chi connectivity index (χ2n) is 6.73. The van der Waals surface area contributed by atoms with E-state index in [9.17, 15) is 18.0 Å². The fraction of sp³-hybridized carbons (Fsp3) is 0.333. The molecule has 2 aromatic rings. The molecule has 2 aromatic carbocycles. The molecule has 0 aliphatic heterocycles. The van der Waals surface area contributed by atoms with Gasteiger partial charge < -0.3 is 10.1 Å². The van der Waals surface area contributed by atoms with E-state index in [1.54, 1.807) is 0 Å². The number of carbonyl (C=O) groups is 2. The Morgan fingerprint density at radius 3 is 2.21 bits per heavy atom. The Kier molecular flexibility index (Phi) is 6.96. The van der Waals surface area contributed by atoms with Crippen LogP contribution in [0.1, 0.15) is 49.0 Å². The SMILES string of the molecule is CC[C@H](C)c1ccccc1NC(=O)[C@@H](C)OC(=O)c1ccc(S(C)(=O)=O)cc1. The summed E-state index contributed by atoms with van der Waals surface area (Å²) < 4.78 is 28.2. The van der Waals surface area contributed by atoms with Gasteiger partial charge in [-0.25, -0.2) is 13.2 Å². The number of amides is 1. The van der Waals surface area contributed by atoms with Crippen molar-refractivity contribution in [2.24, 2.45) is 0 Å². The van der Waals surface area contributed by atoms with Gasteiger partial charge in [0.05, 0.1) is 10.5 Å². The number of sulfone groups is 1. The van der Waals surface area contributed by atoms with Crippen LogP contribution in [-0.4, -0.2) is 32.7 Å². The highest BCUT2D eigenvalue weighted by atomic mass is 32.2. The van der Waals surface area contributed by atoms with Crippen LogP contribution in [-0.2, 0) is 19.4 Å². The van der Waals surface area contributed by atoms with E-state index < -0.39 is 27.8 Å². The van der Waals surface area contributed by atoms with Crippen molar-refractivity contribution in [3.63, 3.8) is 0 Å². The Bertz CT molecular complexity index is 951. The molecule has 2 rings (SSSR count). The van der Waals surface area contributed by atoms with Crippen molar-refractivity contribution in [3.8, 4) is 0 Å². The number of benzene rings is 2. The molecule has 0 fully saturated rings. The molecule has 0 bridgehead atoms. The molecule has 0 saturated carbocycles. The topological polar surface area (TPSA) is 89.5 Å². The summed E-state index contributed by atoms with van der Waals surface area (Å²) in [5.41, 5.74) is 1.89. The number of nitrogens with one attached hydrogen (secondary N) is 1. The number of hydrogen-bond donors (Lipinski definition) is 1. The predicted molar refractivity (Wildman–Crippen MR) is 108 cm³/mol. The summed E-state index contributed by atoms with van der Waals surface area (Å²) in [6, 6.07) is 12.9. The van der Waals surface area contributed by atoms with E-state index in [2.05, 4.69) is 19.2 Å². The van der Waals surface area contributed by atoms with Gasteiger partial charge >= 0.3 is 5.97 Å². The normalized spacial score (nSPS) is 13.4. The Labute approximate surface area is 165 Å². The summed E-state index contributed by atoms with van der Waals surface area (Å²) >= 11 is 0. The fourth-order valence-electron chi connectivity index (χ4n) is 2.62. The molecule has 0 aromatic heterocycles. The molecule has 7 heteroatoms. The van der Waals surface area contributed by atoms with Crippen molar-refractivity contribution in [1.82, 2.24) is 0 Å². The number of esters is 1. The Morgan fingerprint density at radius 2 is 1.64 bits per heavy atom. The lowest BCUT2D eigenvalue weighted by Crippen LogP contribution is -2.30. The zero-order chi connectivity index (χ0) is 20.9. The molecule has 150 valence electrons. The van der Waals surface area contributed by atoms with Crippen molar-refractivity contribution >= 4 is 27.4 Å². The van der Waals surface area contributed by atoms with Gasteiger partial charge in [0.15, 0.2) is 15.9 Å². The third-order valence-electron chi connectivity index (χ3n) is 4.53. The summed E-state index contributed by atoms with van der Waals surface area (Å²) in [4.78, 5) is 24.8. The van der Waals surface area contributed by atoms with Crippen LogP contribution in [0.15, 0.2) is 53.4 Å². The van der Waals surface area contributed by atoms with Gasteiger partial charge in [-0.1, -0.05) is 32.0 Å². The summed E-state index contributed by atoms with van der Waals surface area (Å²) in [6.07, 6.45) is 1.01. The van der Waals surface area contributed by atoms with E-state index >= 15 is 0 Å². The zero-order valence-electron chi connectivity index (χ0n) is 16.4. The van der Waals surface area contributed by atoms with E-state index in [0.29, 0.717) is 5.69 Å². The number of rotatable bonds is 7. The molecule has 1 N–H and O–H groups in total. The van der Waals surface area contributed by atoms with Gasteiger partial charge in [0.1, 0.15) is 0 Å². The molecule has 0 radical (unpaired) electrons. The minimum Gasteiger partial charge on any atom is -0.449 e. The molecular weight excluding hydrogens is 378 g/mol. The van der Waals surface area contributed by atoms with E-state index in [-0.39, 0.29) is 16.4 Å². The maximum atomic E-state index is 12.5. The van der Waals surface area contributed by atoms with E-state index in [4.69, 9.17) is 4.74 Å². The molecule has 28 heavy (non-hydrogen) atoms. The van der Waals surface area contributed by atoms with Crippen molar-refractivity contribution in [1.29, 1.82) is 0 Å². The molecule has 0 spiro atoms. The molecule has 0 aliphatic carbocycles. The third kappa shape index (κ3) is 5.42. The van der Waals surface area contributed by atoms with Crippen LogP contribution in [0.2, 0.25) is 0 Å². The Morgan fingerprint density at radius 1 is 1.04 bits per heavy atom. The standard InChI is InChI=1S/C21H25NO5S/c1-5-14(2)18-8-6-7-9-19(18)22-20(23)15(3)27-21(24)16-10-12-17(13-11-16)28(4,25)26/h6-15H,5H2,1-4H3,(H,22,23)/t14-,15+/m0/s1. The highest BCUT2D eigenvalue weighted by Gasteiger charge is 2.21. The quantitative estimate of drug-likeness (QED) is 0.711. The molecule has 1 amide bonds. The molecule has 0 saturated heterocycles. The van der Waals surface area contributed by atoms with Crippen LogP contribution < -0.4 is 5.32 Å². The van der Waals surface area contributed by atoms with Crippen LogP contribution in [0.5, 0.6) is 0 Å². The average Bonchev–Trinajstić information content (AvgIpc) is 2.67. The Hall–Kier alpha value is -2.67. The monoisotopic (exact) mass is 403 g/mol. The van der Waals surface area contributed by atoms with Gasteiger partial charge in [-0.05, 0) is 55.2 Å². The van der Waals surface area contributed by atoms with Crippen LogP contribution in [0.4, 0.5) is 5.69 Å². The third-order valence-corrected chi connectivity index (χ3v) is 5.66. The van der Waals surface area contributed by atoms with Gasteiger partial charge in [-0.15, -0.1) is 0 Å². The average molecular weight is 404 g/mol. The van der Waals surface area contributed by atoms with Gasteiger partial charge in [0.2, 0.25) is 0 Å². The van der Waals surface area contributed by atoms with Gasteiger partial charge in [-0.3, -0.25) is 4.79 Å². The second-order valence-corrected chi connectivity index (χ2v) is 8.75. The first-order chi connectivity index (χ1) is 13.1. The first-order valence-electron chi connectivity index (χ1n) is 9.04. The number of ether oxygens (including phenoxy) is 1. The molecule has 0 aliphatic rings. The van der Waals surface area contributed by atoms with Crippen molar-refractivity contribution in [3.05, 3.63) is 59.7 Å². The van der Waals surface area contributed by atoms with E-state index in [1.165, 1.54) is 31.2 Å². The van der Waals surface area contributed by atoms with Crippen LogP contribution in [0, 0.1) is 0 Å². The van der Waals surface area contributed by atoms with Crippen molar-refractivity contribution in [2.75, 3.05) is 11.6 Å². The first kappa shape index (κ1) is 21.6. The number of carbonyl (C=O) groups excluding carboxylic acids is 2. The lowest BCUT2D eigenvalue weighted by atomic mass is 9.97. The van der Waals surface area contributed by atoms with Gasteiger partial charge in [0.25, 0.3) is 5.91 Å². The largest absolute Gasteiger partial charge is 0.449 e. The Balaban J connectivity index is 2.05. The van der Waals surface area contributed by atoms with Crippen LogP contribution in [0.3, 0.4) is 0 Å². The van der Waals surface area contributed by atoms with Crippen LogP contribution >= 0.6 is 0 Å². The zero-order valence-corrected chi connectivity index (χ0v) is 17.2. The summed E-state index contributed by atoms with van der Waals surface area (Å²) in [5, 5.41) is 2.82. The molecular formula is C21H25NO5S. The number of anilines is 1. The lowest BCUT2D eigenvalue weighted by Gasteiger charge is -2.18. The lowest BCUT2D eigenvalue weighted by molar-refractivity contribution is -0.123. The molecule has 2 atom stereocenters. The van der Waals surface area contributed by atoms with Crippen molar-refractivity contribution < 1.29 is 22.7 Å². The van der Waals surface area contributed by atoms with Gasteiger partial charge in [-0.2, -0.15) is 0 Å². The summed E-state index contributed by atoms with van der Waals surface area (Å²) in [5.74, 6) is -0.850. The van der Waals surface area contributed by atoms with E-state index in [1.807, 2.05) is 24.3 Å². The van der Waals surface area contributed by atoms with E-state index in [0.717, 1.165) is 18.2 Å². The van der Waals surface area contributed by atoms with Crippen LogP contribution in [0.25, 0.3) is 0 Å². The first-order valence-corrected chi connectivity index (χ1v) is 10.9. The smallest absolute Gasteiger partial charge is 0.338 e. The maximum absolute atomic E-state index is 12.5. The molecule has 0 heterocycles. The molecule has 6 nitrogen and oxygen atoms in total. The highest BCUT2D eigenvalue weighted by molar-refractivity contribution is 7.90.